The first-order valence-electron chi connectivity index (χ1n) is 6.91. The lowest BCUT2D eigenvalue weighted by Gasteiger charge is -2.10. The fraction of sp³-hybridized carbons (Fsp3) is 0.714. The molecule has 0 bridgehead atoms. The lowest BCUT2D eigenvalue weighted by Crippen LogP contribution is -2.28. The van der Waals surface area contributed by atoms with Crippen LogP contribution in [0.2, 0.25) is 0 Å². The number of ether oxygens (including phenoxy) is 3. The molecule has 0 aliphatic heterocycles. The molecule has 20 heavy (non-hydrogen) atoms. The summed E-state index contributed by atoms with van der Waals surface area (Å²) in [5, 5.41) is 2.48. The molecule has 1 N–H and O–H groups in total. The number of hydrogen-bond donors (Lipinski definition) is 1. The minimum atomic E-state index is -0.513. The van der Waals surface area contributed by atoms with Crippen molar-refractivity contribution in [3.05, 3.63) is 12.7 Å². The van der Waals surface area contributed by atoms with Crippen LogP contribution in [0.1, 0.15) is 33.1 Å². The SMILES string of the molecule is C=CC(=O)OCCNC(=O)OCCCCOC(C)CC. The van der Waals surface area contributed by atoms with Crippen LogP contribution in [0.4, 0.5) is 4.79 Å². The highest BCUT2D eigenvalue weighted by Gasteiger charge is 2.02. The van der Waals surface area contributed by atoms with E-state index in [1.54, 1.807) is 0 Å². The summed E-state index contributed by atoms with van der Waals surface area (Å²) < 4.78 is 15.1. The molecule has 0 radical (unpaired) electrons. The van der Waals surface area contributed by atoms with Crippen LogP contribution in [0, 0.1) is 0 Å². The van der Waals surface area contributed by atoms with Crippen LogP contribution in [0.25, 0.3) is 0 Å². The number of esters is 1. The van der Waals surface area contributed by atoms with Gasteiger partial charge in [0.25, 0.3) is 0 Å². The Morgan fingerprint density at radius 2 is 1.90 bits per heavy atom. The van der Waals surface area contributed by atoms with Gasteiger partial charge in [-0.1, -0.05) is 13.5 Å². The Labute approximate surface area is 120 Å². The second-order valence-electron chi connectivity index (χ2n) is 4.23. The summed E-state index contributed by atoms with van der Waals surface area (Å²) in [6.07, 6.45) is 3.44. The van der Waals surface area contributed by atoms with E-state index in [2.05, 4.69) is 23.6 Å². The van der Waals surface area contributed by atoms with Gasteiger partial charge in [-0.2, -0.15) is 0 Å². The average Bonchev–Trinajstić information content (AvgIpc) is 2.46. The van der Waals surface area contributed by atoms with Crippen molar-refractivity contribution in [3.63, 3.8) is 0 Å². The Morgan fingerprint density at radius 3 is 2.55 bits per heavy atom. The summed E-state index contributed by atoms with van der Waals surface area (Å²) in [7, 11) is 0. The fourth-order valence-corrected chi connectivity index (χ4v) is 1.19. The molecule has 0 aromatic carbocycles. The maximum atomic E-state index is 11.2. The van der Waals surface area contributed by atoms with Crippen LogP contribution < -0.4 is 5.32 Å². The molecule has 0 heterocycles. The van der Waals surface area contributed by atoms with Crippen LogP contribution >= 0.6 is 0 Å². The zero-order valence-electron chi connectivity index (χ0n) is 12.4. The standard InChI is InChI=1S/C14H25NO5/c1-4-12(3)18-9-6-7-10-20-14(17)15-8-11-19-13(16)5-2/h5,12H,2,4,6-11H2,1,3H3,(H,15,17). The number of carbonyl (C=O) groups is 2. The quantitative estimate of drug-likeness (QED) is 0.357. The molecule has 1 atom stereocenters. The topological polar surface area (TPSA) is 73.9 Å². The third-order valence-corrected chi connectivity index (χ3v) is 2.53. The molecule has 0 aromatic heterocycles. The summed E-state index contributed by atoms with van der Waals surface area (Å²) in [6, 6.07) is 0. The molecule has 6 heteroatoms. The van der Waals surface area contributed by atoms with Gasteiger partial charge in [-0.25, -0.2) is 9.59 Å². The molecule has 6 nitrogen and oxygen atoms in total. The summed E-state index contributed by atoms with van der Waals surface area (Å²) in [6.45, 7) is 8.71. The van der Waals surface area contributed by atoms with E-state index >= 15 is 0 Å². The number of rotatable bonds is 11. The maximum Gasteiger partial charge on any atom is 0.407 e. The first-order valence-corrected chi connectivity index (χ1v) is 6.91. The van der Waals surface area contributed by atoms with Crippen molar-refractivity contribution in [2.75, 3.05) is 26.4 Å². The Morgan fingerprint density at radius 1 is 1.20 bits per heavy atom. The van der Waals surface area contributed by atoms with Crippen molar-refractivity contribution in [1.82, 2.24) is 5.32 Å². The molecule has 0 fully saturated rings. The van der Waals surface area contributed by atoms with Gasteiger partial charge in [-0.15, -0.1) is 0 Å². The molecule has 0 aliphatic carbocycles. The minimum Gasteiger partial charge on any atom is -0.461 e. The molecule has 116 valence electrons. The minimum absolute atomic E-state index is 0.0999. The molecule has 1 amide bonds. The molecule has 0 saturated carbocycles. The maximum absolute atomic E-state index is 11.2. The highest BCUT2D eigenvalue weighted by atomic mass is 16.6. The van der Waals surface area contributed by atoms with Crippen molar-refractivity contribution in [2.24, 2.45) is 0 Å². The van der Waals surface area contributed by atoms with E-state index < -0.39 is 12.1 Å². The third-order valence-electron chi connectivity index (χ3n) is 2.53. The number of hydrogen-bond acceptors (Lipinski definition) is 5. The smallest absolute Gasteiger partial charge is 0.407 e. The summed E-state index contributed by atoms with van der Waals surface area (Å²) >= 11 is 0. The van der Waals surface area contributed by atoms with Gasteiger partial charge < -0.3 is 19.5 Å². The highest BCUT2D eigenvalue weighted by Crippen LogP contribution is 1.99. The Bertz CT molecular complexity index is 293. The van der Waals surface area contributed by atoms with Gasteiger partial charge in [0.15, 0.2) is 0 Å². The summed E-state index contributed by atoms with van der Waals surface area (Å²) in [5.41, 5.74) is 0. The molecule has 1 unspecified atom stereocenters. The second kappa shape index (κ2) is 12.5. The monoisotopic (exact) mass is 287 g/mol. The van der Waals surface area contributed by atoms with E-state index in [-0.39, 0.29) is 19.3 Å². The van der Waals surface area contributed by atoms with Crippen molar-refractivity contribution in [1.29, 1.82) is 0 Å². The van der Waals surface area contributed by atoms with Gasteiger partial charge >= 0.3 is 12.1 Å². The zero-order valence-corrected chi connectivity index (χ0v) is 12.4. The van der Waals surface area contributed by atoms with Gasteiger partial charge in [0.05, 0.1) is 19.3 Å². The molecular weight excluding hydrogens is 262 g/mol. The molecule has 0 aliphatic rings. The predicted octanol–water partition coefficient (Wildman–Crippen LogP) is 2.04. The van der Waals surface area contributed by atoms with E-state index in [0.717, 1.165) is 25.3 Å². The van der Waals surface area contributed by atoms with Gasteiger partial charge in [0, 0.05) is 12.7 Å². The van der Waals surface area contributed by atoms with Gasteiger partial charge in [-0.05, 0) is 26.2 Å². The van der Waals surface area contributed by atoms with Crippen LogP contribution in [0.15, 0.2) is 12.7 Å². The number of carbonyl (C=O) groups excluding carboxylic acids is 2. The van der Waals surface area contributed by atoms with Crippen LogP contribution in [0.3, 0.4) is 0 Å². The van der Waals surface area contributed by atoms with Crippen LogP contribution in [-0.4, -0.2) is 44.5 Å². The molecule has 0 saturated heterocycles. The van der Waals surface area contributed by atoms with Gasteiger partial charge in [0.2, 0.25) is 0 Å². The molecule has 0 spiro atoms. The first-order chi connectivity index (χ1) is 9.60. The lowest BCUT2D eigenvalue weighted by atomic mass is 10.3. The Balaban J connectivity index is 3.32. The molecule has 0 rings (SSSR count). The van der Waals surface area contributed by atoms with Gasteiger partial charge in [0.1, 0.15) is 6.61 Å². The normalized spacial score (nSPS) is 11.5. The van der Waals surface area contributed by atoms with E-state index in [1.807, 2.05) is 6.92 Å². The highest BCUT2D eigenvalue weighted by molar-refractivity contribution is 5.81. The number of unbranched alkanes of at least 4 members (excludes halogenated alkanes) is 1. The van der Waals surface area contributed by atoms with E-state index in [9.17, 15) is 9.59 Å². The lowest BCUT2D eigenvalue weighted by molar-refractivity contribution is -0.137. The first kappa shape index (κ1) is 18.4. The van der Waals surface area contributed by atoms with E-state index in [0.29, 0.717) is 13.2 Å². The average molecular weight is 287 g/mol. The number of alkyl carbamates (subject to hydrolysis) is 1. The molecule has 0 aromatic rings. The summed E-state index contributed by atoms with van der Waals surface area (Å²) in [5.74, 6) is -0.513. The number of amides is 1. The van der Waals surface area contributed by atoms with Crippen molar-refractivity contribution >= 4 is 12.1 Å². The second-order valence-corrected chi connectivity index (χ2v) is 4.23. The zero-order chi connectivity index (χ0) is 15.2. The van der Waals surface area contributed by atoms with Crippen molar-refractivity contribution in [3.8, 4) is 0 Å². The summed E-state index contributed by atoms with van der Waals surface area (Å²) in [4.78, 5) is 21.9. The van der Waals surface area contributed by atoms with E-state index in [1.165, 1.54) is 0 Å². The Hall–Kier alpha value is -1.56. The van der Waals surface area contributed by atoms with Crippen molar-refractivity contribution in [2.45, 2.75) is 39.2 Å². The van der Waals surface area contributed by atoms with Crippen molar-refractivity contribution < 1.29 is 23.8 Å². The number of nitrogens with one attached hydrogen (secondary N) is 1. The predicted molar refractivity (Wildman–Crippen MR) is 75.4 cm³/mol. The fourth-order valence-electron chi connectivity index (χ4n) is 1.19. The van der Waals surface area contributed by atoms with E-state index in [4.69, 9.17) is 9.47 Å². The molecular formula is C14H25NO5. The Kier molecular flexibility index (Phi) is 11.5. The van der Waals surface area contributed by atoms with Crippen LogP contribution in [-0.2, 0) is 19.0 Å². The third kappa shape index (κ3) is 11.5. The van der Waals surface area contributed by atoms with Gasteiger partial charge in [-0.3, -0.25) is 0 Å². The van der Waals surface area contributed by atoms with Crippen LogP contribution in [0.5, 0.6) is 0 Å². The largest absolute Gasteiger partial charge is 0.461 e.